The van der Waals surface area contributed by atoms with Crippen molar-refractivity contribution < 1.29 is 4.79 Å². The molecule has 0 bridgehead atoms. The van der Waals surface area contributed by atoms with Crippen LogP contribution >= 0.6 is 11.3 Å². The molecule has 1 amide bonds. The molecular formula is C17H19N5OS. The average Bonchev–Trinajstić information content (AvgIpc) is 3.23. The molecular weight excluding hydrogens is 322 g/mol. The summed E-state index contributed by atoms with van der Waals surface area (Å²) in [5.41, 5.74) is 8.83. The Labute approximate surface area is 144 Å². The van der Waals surface area contributed by atoms with Crippen LogP contribution < -0.4 is 11.1 Å². The maximum absolute atomic E-state index is 12.5. The monoisotopic (exact) mass is 341 g/mol. The van der Waals surface area contributed by atoms with Crippen molar-refractivity contribution in [3.05, 3.63) is 58.7 Å². The van der Waals surface area contributed by atoms with Gasteiger partial charge in [-0.15, -0.1) is 11.3 Å². The van der Waals surface area contributed by atoms with Gasteiger partial charge in [-0.1, -0.05) is 6.07 Å². The first kappa shape index (κ1) is 16.4. The lowest BCUT2D eigenvalue weighted by Crippen LogP contribution is -2.41. The van der Waals surface area contributed by atoms with Crippen molar-refractivity contribution in [2.24, 2.45) is 12.8 Å². The predicted octanol–water partition coefficient (Wildman–Crippen LogP) is 1.84. The van der Waals surface area contributed by atoms with Crippen LogP contribution in [0.1, 0.15) is 15.2 Å². The molecule has 124 valence electrons. The molecule has 0 aliphatic carbocycles. The van der Waals surface area contributed by atoms with Crippen molar-refractivity contribution >= 4 is 17.2 Å². The van der Waals surface area contributed by atoms with E-state index in [1.54, 1.807) is 23.3 Å². The van der Waals surface area contributed by atoms with Crippen LogP contribution in [-0.2, 0) is 13.5 Å². The summed E-state index contributed by atoms with van der Waals surface area (Å²) in [5.74, 6) is -0.104. The van der Waals surface area contributed by atoms with E-state index in [9.17, 15) is 4.79 Å². The number of aromatic nitrogens is 3. The van der Waals surface area contributed by atoms with E-state index in [1.165, 1.54) is 11.3 Å². The lowest BCUT2D eigenvalue weighted by molar-refractivity contribution is 0.0942. The van der Waals surface area contributed by atoms with E-state index in [0.717, 1.165) is 16.8 Å². The minimum atomic E-state index is -0.121. The van der Waals surface area contributed by atoms with Crippen LogP contribution in [0.25, 0.3) is 11.3 Å². The van der Waals surface area contributed by atoms with Gasteiger partial charge in [0.05, 0.1) is 10.6 Å². The molecule has 3 heterocycles. The summed E-state index contributed by atoms with van der Waals surface area (Å²) in [5, 5.41) is 9.12. The van der Waals surface area contributed by atoms with Crippen LogP contribution in [0.4, 0.5) is 0 Å². The third-order valence-electron chi connectivity index (χ3n) is 3.76. The van der Waals surface area contributed by atoms with E-state index >= 15 is 0 Å². The number of nitrogens with one attached hydrogen (secondary N) is 1. The summed E-state index contributed by atoms with van der Waals surface area (Å²) in [7, 11) is 1.88. The Morgan fingerprint density at radius 2 is 2.29 bits per heavy atom. The maximum Gasteiger partial charge on any atom is 0.261 e. The van der Waals surface area contributed by atoms with E-state index in [0.29, 0.717) is 17.8 Å². The first-order valence-electron chi connectivity index (χ1n) is 7.64. The predicted molar refractivity (Wildman–Crippen MR) is 94.8 cm³/mol. The van der Waals surface area contributed by atoms with Gasteiger partial charge in [0.2, 0.25) is 0 Å². The molecule has 3 N–H and O–H groups in total. The molecule has 0 radical (unpaired) electrons. The van der Waals surface area contributed by atoms with Crippen LogP contribution in [0.2, 0.25) is 0 Å². The summed E-state index contributed by atoms with van der Waals surface area (Å²) in [6, 6.07) is 7.55. The zero-order valence-electron chi connectivity index (χ0n) is 13.3. The van der Waals surface area contributed by atoms with Gasteiger partial charge >= 0.3 is 0 Å². The quantitative estimate of drug-likeness (QED) is 0.716. The molecule has 24 heavy (non-hydrogen) atoms. The van der Waals surface area contributed by atoms with Gasteiger partial charge in [-0.2, -0.15) is 5.10 Å². The molecule has 6 nitrogen and oxygen atoms in total. The molecule has 0 saturated heterocycles. The Kier molecular flexibility index (Phi) is 5.02. The summed E-state index contributed by atoms with van der Waals surface area (Å²) in [6.45, 7) is 0.376. The van der Waals surface area contributed by atoms with Crippen molar-refractivity contribution in [3.8, 4) is 11.3 Å². The number of hydrogen-bond acceptors (Lipinski definition) is 5. The van der Waals surface area contributed by atoms with E-state index in [1.807, 2.05) is 36.7 Å². The number of rotatable bonds is 6. The Morgan fingerprint density at radius 3 is 2.96 bits per heavy atom. The van der Waals surface area contributed by atoms with Crippen molar-refractivity contribution in [2.45, 2.75) is 12.5 Å². The fourth-order valence-electron chi connectivity index (χ4n) is 2.50. The van der Waals surface area contributed by atoms with Crippen LogP contribution in [0, 0.1) is 0 Å². The van der Waals surface area contributed by atoms with Gasteiger partial charge in [-0.3, -0.25) is 14.5 Å². The van der Waals surface area contributed by atoms with Crippen LogP contribution in [0.5, 0.6) is 0 Å². The molecule has 0 aliphatic heterocycles. The van der Waals surface area contributed by atoms with Gasteiger partial charge in [0.1, 0.15) is 0 Å². The number of pyridine rings is 1. The molecule has 3 aromatic rings. The largest absolute Gasteiger partial charge is 0.347 e. The molecule has 0 unspecified atom stereocenters. The molecule has 0 fully saturated rings. The SMILES string of the molecule is Cn1nccc1-c1csc(C(=O)N[C@H](CN)Cc2cccnc2)c1. The third kappa shape index (κ3) is 3.69. The number of amides is 1. The van der Waals surface area contributed by atoms with Gasteiger partial charge in [0.25, 0.3) is 5.91 Å². The lowest BCUT2D eigenvalue weighted by Gasteiger charge is -2.16. The maximum atomic E-state index is 12.5. The van der Waals surface area contributed by atoms with Crippen LogP contribution in [0.15, 0.2) is 48.2 Å². The highest BCUT2D eigenvalue weighted by atomic mass is 32.1. The number of thiophene rings is 1. The topological polar surface area (TPSA) is 85.8 Å². The Balaban J connectivity index is 1.68. The number of nitrogens with two attached hydrogens (primary N) is 1. The van der Waals surface area contributed by atoms with Gasteiger partial charge in [0, 0.05) is 49.2 Å². The lowest BCUT2D eigenvalue weighted by atomic mass is 10.1. The summed E-state index contributed by atoms with van der Waals surface area (Å²) in [4.78, 5) is 17.2. The standard InChI is InChI=1S/C17H19N5OS/c1-22-15(4-6-20-22)13-8-16(24-11-13)17(23)21-14(9-18)7-12-3-2-5-19-10-12/h2-6,8,10-11,14H,7,9,18H2,1H3,(H,21,23)/t14-/m0/s1. The third-order valence-corrected chi connectivity index (χ3v) is 4.69. The molecule has 7 heteroatoms. The van der Waals surface area contributed by atoms with Crippen molar-refractivity contribution in [3.63, 3.8) is 0 Å². The second-order valence-electron chi connectivity index (χ2n) is 5.51. The summed E-state index contributed by atoms with van der Waals surface area (Å²) in [6.07, 6.45) is 5.92. The highest BCUT2D eigenvalue weighted by Gasteiger charge is 2.16. The molecule has 0 spiro atoms. The highest BCUT2D eigenvalue weighted by molar-refractivity contribution is 7.12. The van der Waals surface area contributed by atoms with Crippen molar-refractivity contribution in [2.75, 3.05) is 6.54 Å². The van der Waals surface area contributed by atoms with Gasteiger partial charge in [0.15, 0.2) is 0 Å². The normalized spacial score (nSPS) is 12.1. The van der Waals surface area contributed by atoms with Crippen molar-refractivity contribution in [1.29, 1.82) is 0 Å². The average molecular weight is 341 g/mol. The summed E-state index contributed by atoms with van der Waals surface area (Å²) >= 11 is 1.42. The summed E-state index contributed by atoms with van der Waals surface area (Å²) < 4.78 is 1.79. The second-order valence-corrected chi connectivity index (χ2v) is 6.42. The Bertz CT molecular complexity index is 811. The molecule has 0 aromatic carbocycles. The number of nitrogens with zero attached hydrogens (tertiary/aromatic N) is 3. The highest BCUT2D eigenvalue weighted by Crippen LogP contribution is 2.25. The molecule has 0 aliphatic rings. The Hall–Kier alpha value is -2.51. The van der Waals surface area contributed by atoms with Gasteiger partial charge < -0.3 is 11.1 Å². The van der Waals surface area contributed by atoms with E-state index < -0.39 is 0 Å². The van der Waals surface area contributed by atoms with E-state index in [4.69, 9.17) is 5.73 Å². The number of carbonyl (C=O) groups excluding carboxylic acids is 1. The molecule has 3 rings (SSSR count). The van der Waals surface area contributed by atoms with Gasteiger partial charge in [-0.25, -0.2) is 0 Å². The first-order valence-corrected chi connectivity index (χ1v) is 8.52. The Morgan fingerprint density at radius 1 is 1.42 bits per heavy atom. The van der Waals surface area contributed by atoms with Crippen molar-refractivity contribution in [1.82, 2.24) is 20.1 Å². The second kappa shape index (κ2) is 7.37. The number of hydrogen-bond donors (Lipinski definition) is 2. The zero-order valence-corrected chi connectivity index (χ0v) is 14.2. The van der Waals surface area contributed by atoms with E-state index in [2.05, 4.69) is 15.4 Å². The molecule has 3 aromatic heterocycles. The molecule has 1 atom stereocenters. The van der Waals surface area contributed by atoms with Gasteiger partial charge in [-0.05, 0) is 30.2 Å². The molecule has 0 saturated carbocycles. The minimum Gasteiger partial charge on any atom is -0.347 e. The van der Waals surface area contributed by atoms with Crippen LogP contribution in [-0.4, -0.2) is 33.3 Å². The zero-order chi connectivity index (χ0) is 16.9. The van der Waals surface area contributed by atoms with Crippen LogP contribution in [0.3, 0.4) is 0 Å². The first-order chi connectivity index (χ1) is 11.7. The fraction of sp³-hybridized carbons (Fsp3) is 0.235. The fourth-order valence-corrected chi connectivity index (χ4v) is 3.30. The number of carbonyl (C=O) groups is 1. The smallest absolute Gasteiger partial charge is 0.261 e. The van der Waals surface area contributed by atoms with E-state index in [-0.39, 0.29) is 11.9 Å². The number of aryl methyl sites for hydroxylation is 1. The minimum absolute atomic E-state index is 0.104.